The number of ether oxygens (including phenoxy) is 1. The van der Waals surface area contributed by atoms with Gasteiger partial charge in [0, 0.05) is 5.02 Å². The Kier molecular flexibility index (Phi) is 4.43. The highest BCUT2D eigenvalue weighted by Gasteiger charge is 2.05. The molecule has 6 heteroatoms. The van der Waals surface area contributed by atoms with Gasteiger partial charge in [-0.05, 0) is 24.3 Å². The first-order valence-electron chi connectivity index (χ1n) is 5.35. The summed E-state index contributed by atoms with van der Waals surface area (Å²) in [6.45, 7) is 0.0370. The Morgan fingerprint density at radius 1 is 1.37 bits per heavy atom. The van der Waals surface area contributed by atoms with Crippen LogP contribution in [-0.2, 0) is 16.1 Å². The fourth-order valence-electron chi connectivity index (χ4n) is 1.19. The van der Waals surface area contributed by atoms with Gasteiger partial charge in [-0.2, -0.15) is 0 Å². The standard InChI is InChI=1S/C13H9ClN2O3/c14-10-3-5-11(6-4-10)16-15-8-13(17)19-9-12-2-1-7-18-12/h1-7H,9H2. The summed E-state index contributed by atoms with van der Waals surface area (Å²) in [4.78, 5) is 14.7. The topological polar surface area (TPSA) is 57.9 Å². The van der Waals surface area contributed by atoms with E-state index < -0.39 is 5.97 Å². The quantitative estimate of drug-likeness (QED) is 0.485. The highest BCUT2D eigenvalue weighted by molar-refractivity contribution is 6.30. The molecule has 0 radical (unpaired) electrons. The molecule has 0 amide bonds. The van der Waals surface area contributed by atoms with Crippen LogP contribution >= 0.6 is 11.6 Å². The second-order valence-electron chi connectivity index (χ2n) is 3.44. The first-order valence-corrected chi connectivity index (χ1v) is 5.73. The largest absolute Gasteiger partial charge is 0.466 e. The van der Waals surface area contributed by atoms with E-state index in [-0.39, 0.29) is 6.61 Å². The fraction of sp³-hybridized carbons (Fsp3) is 0.0769. The Morgan fingerprint density at radius 2 is 2.16 bits per heavy atom. The normalized spacial score (nSPS) is 9.32. The zero-order valence-corrected chi connectivity index (χ0v) is 10.5. The van der Waals surface area contributed by atoms with Gasteiger partial charge in [-0.3, -0.25) is 5.43 Å². The van der Waals surface area contributed by atoms with Crippen LogP contribution in [0.25, 0.3) is 10.4 Å². The summed E-state index contributed by atoms with van der Waals surface area (Å²) >= 11 is 5.72. The maximum atomic E-state index is 11.2. The van der Waals surface area contributed by atoms with E-state index >= 15 is 0 Å². The molecule has 2 rings (SSSR count). The molecule has 0 unspecified atom stereocenters. The van der Waals surface area contributed by atoms with Crippen LogP contribution in [0.5, 0.6) is 0 Å². The van der Waals surface area contributed by atoms with Crippen LogP contribution in [0.1, 0.15) is 5.76 Å². The Morgan fingerprint density at radius 3 is 2.84 bits per heavy atom. The van der Waals surface area contributed by atoms with E-state index in [1.807, 2.05) is 0 Å². The Hall–Kier alpha value is -2.45. The lowest BCUT2D eigenvalue weighted by atomic mass is 10.3. The van der Waals surface area contributed by atoms with Crippen LogP contribution in [-0.4, -0.2) is 5.97 Å². The summed E-state index contributed by atoms with van der Waals surface area (Å²) in [7, 11) is 0. The molecule has 0 aliphatic rings. The van der Waals surface area contributed by atoms with Gasteiger partial charge in [0.2, 0.25) is 0 Å². The summed E-state index contributed by atoms with van der Waals surface area (Å²) in [6.07, 6.45) is 1.50. The van der Waals surface area contributed by atoms with E-state index in [1.165, 1.54) is 6.26 Å². The van der Waals surface area contributed by atoms with E-state index in [2.05, 4.69) is 16.4 Å². The van der Waals surface area contributed by atoms with Crippen LogP contribution in [0.2, 0.25) is 5.02 Å². The van der Waals surface area contributed by atoms with Crippen LogP contribution < -0.4 is 0 Å². The number of rotatable bonds is 3. The van der Waals surface area contributed by atoms with Gasteiger partial charge >= 0.3 is 12.0 Å². The number of furan rings is 1. The van der Waals surface area contributed by atoms with E-state index in [9.17, 15) is 4.79 Å². The molecule has 0 aliphatic heterocycles. The SMILES string of the molecule is O=C(C#[N+][N-]c1ccc(Cl)cc1)OCc1ccco1. The maximum absolute atomic E-state index is 11.2. The molecule has 1 aromatic heterocycles. The van der Waals surface area contributed by atoms with Gasteiger partial charge in [-0.1, -0.05) is 34.4 Å². The molecular weight excluding hydrogens is 268 g/mol. The summed E-state index contributed by atoms with van der Waals surface area (Å²) in [5.41, 5.74) is 4.33. The first-order chi connectivity index (χ1) is 9.24. The van der Waals surface area contributed by atoms with Crippen molar-refractivity contribution in [3.05, 3.63) is 63.8 Å². The summed E-state index contributed by atoms with van der Waals surface area (Å²) < 4.78 is 9.82. The number of nitrogens with zero attached hydrogens (tertiary/aromatic N) is 2. The number of esters is 1. The molecule has 0 fully saturated rings. The summed E-state index contributed by atoms with van der Waals surface area (Å²) in [5, 5.41) is 0.602. The number of hydrogen-bond acceptors (Lipinski definition) is 3. The lowest BCUT2D eigenvalue weighted by Gasteiger charge is -1.99. The van der Waals surface area contributed by atoms with Crippen molar-refractivity contribution >= 4 is 23.3 Å². The molecule has 19 heavy (non-hydrogen) atoms. The Balaban J connectivity index is 1.79. The molecule has 0 N–H and O–H groups in total. The molecule has 0 aliphatic carbocycles. The number of carbonyl (C=O) groups excluding carboxylic acids is 1. The second kappa shape index (κ2) is 6.47. The van der Waals surface area contributed by atoms with Gasteiger partial charge in [-0.25, -0.2) is 4.79 Å². The van der Waals surface area contributed by atoms with E-state index in [1.54, 1.807) is 36.4 Å². The minimum atomic E-state index is -0.714. The maximum Gasteiger partial charge on any atom is 0.460 e. The number of benzene rings is 1. The molecule has 2 aromatic rings. The predicted octanol–water partition coefficient (Wildman–Crippen LogP) is 3.93. The van der Waals surface area contributed by atoms with Crippen LogP contribution in [0.4, 0.5) is 5.69 Å². The Bertz CT molecular complexity index is 597. The minimum Gasteiger partial charge on any atom is -0.466 e. The molecule has 0 bridgehead atoms. The number of halogens is 1. The van der Waals surface area contributed by atoms with Crippen molar-refractivity contribution in [2.45, 2.75) is 6.61 Å². The molecule has 0 spiro atoms. The highest BCUT2D eigenvalue weighted by Crippen LogP contribution is 2.20. The van der Waals surface area contributed by atoms with E-state index in [0.29, 0.717) is 16.5 Å². The third-order valence-electron chi connectivity index (χ3n) is 2.06. The van der Waals surface area contributed by atoms with Crippen LogP contribution in [0, 0.1) is 6.07 Å². The molecule has 0 saturated carbocycles. The molecule has 5 nitrogen and oxygen atoms in total. The molecule has 1 heterocycles. The number of carbonyl (C=O) groups is 1. The molecule has 0 atom stereocenters. The van der Waals surface area contributed by atoms with Gasteiger partial charge in [-0.15, -0.1) is 0 Å². The van der Waals surface area contributed by atoms with Gasteiger partial charge in [0.15, 0.2) is 6.61 Å². The van der Waals surface area contributed by atoms with Gasteiger partial charge in [0.25, 0.3) is 0 Å². The molecule has 1 aromatic carbocycles. The van der Waals surface area contributed by atoms with Crippen molar-refractivity contribution in [3.8, 4) is 6.07 Å². The van der Waals surface area contributed by atoms with Crippen molar-refractivity contribution in [1.29, 1.82) is 0 Å². The predicted molar refractivity (Wildman–Crippen MR) is 70.2 cm³/mol. The van der Waals surface area contributed by atoms with Gasteiger partial charge in [0.05, 0.1) is 6.26 Å². The van der Waals surface area contributed by atoms with E-state index in [0.717, 1.165) is 0 Å². The zero-order valence-electron chi connectivity index (χ0n) is 9.75. The third kappa shape index (κ3) is 4.37. The van der Waals surface area contributed by atoms with Gasteiger partial charge < -0.3 is 9.15 Å². The van der Waals surface area contributed by atoms with Crippen LogP contribution in [0.3, 0.4) is 0 Å². The zero-order chi connectivity index (χ0) is 13.5. The minimum absolute atomic E-state index is 0.0370. The second-order valence-corrected chi connectivity index (χ2v) is 3.88. The summed E-state index contributed by atoms with van der Waals surface area (Å²) in [5.74, 6) is -0.168. The van der Waals surface area contributed by atoms with Crippen molar-refractivity contribution in [3.63, 3.8) is 0 Å². The lowest BCUT2D eigenvalue weighted by Crippen LogP contribution is -1.99. The molecule has 96 valence electrons. The average Bonchev–Trinajstić information content (AvgIpc) is 2.92. The molecular formula is C13H9ClN2O3. The Labute approximate surface area is 114 Å². The van der Waals surface area contributed by atoms with Crippen molar-refractivity contribution < 1.29 is 13.9 Å². The smallest absolute Gasteiger partial charge is 0.460 e. The van der Waals surface area contributed by atoms with Crippen molar-refractivity contribution in [1.82, 2.24) is 0 Å². The van der Waals surface area contributed by atoms with Crippen molar-refractivity contribution in [2.75, 3.05) is 0 Å². The third-order valence-corrected chi connectivity index (χ3v) is 2.31. The molecule has 0 saturated heterocycles. The summed E-state index contributed by atoms with van der Waals surface area (Å²) in [6, 6.07) is 12.2. The van der Waals surface area contributed by atoms with Crippen molar-refractivity contribution in [2.24, 2.45) is 0 Å². The monoisotopic (exact) mass is 276 g/mol. The lowest BCUT2D eigenvalue weighted by molar-refractivity contribution is -0.138. The highest BCUT2D eigenvalue weighted by atomic mass is 35.5. The average molecular weight is 277 g/mol. The van der Waals surface area contributed by atoms with E-state index in [4.69, 9.17) is 20.8 Å². The van der Waals surface area contributed by atoms with Gasteiger partial charge in [0.1, 0.15) is 5.76 Å². The number of hydrogen-bond donors (Lipinski definition) is 0. The van der Waals surface area contributed by atoms with Crippen LogP contribution in [0.15, 0.2) is 47.1 Å². The fourth-order valence-corrected chi connectivity index (χ4v) is 1.32. The first kappa shape index (κ1) is 13.0.